The Hall–Kier alpha value is -2.36. The van der Waals surface area contributed by atoms with E-state index in [9.17, 15) is 5.11 Å². The molecule has 0 aliphatic rings. The SMILES string of the molecule is C=C(O)c1cccnc1NCC(C)(C)c1ccncc1. The lowest BCUT2D eigenvalue weighted by atomic mass is 9.85. The zero-order chi connectivity index (χ0) is 14.6. The largest absolute Gasteiger partial charge is 0.508 e. The Morgan fingerprint density at radius 1 is 1.25 bits per heavy atom. The van der Waals surface area contributed by atoms with E-state index in [1.807, 2.05) is 12.1 Å². The van der Waals surface area contributed by atoms with Crippen molar-refractivity contribution in [2.24, 2.45) is 0 Å². The molecule has 0 saturated heterocycles. The molecule has 0 spiro atoms. The zero-order valence-electron chi connectivity index (χ0n) is 11.8. The second-order valence-corrected chi connectivity index (χ2v) is 5.32. The molecule has 0 fully saturated rings. The molecular formula is C16H19N3O. The van der Waals surface area contributed by atoms with E-state index in [1.54, 1.807) is 30.7 Å². The zero-order valence-corrected chi connectivity index (χ0v) is 11.8. The molecule has 2 heterocycles. The lowest BCUT2D eigenvalue weighted by molar-refractivity contribution is 0.513. The van der Waals surface area contributed by atoms with Crippen LogP contribution >= 0.6 is 0 Å². The number of aliphatic hydroxyl groups excluding tert-OH is 1. The van der Waals surface area contributed by atoms with Crippen molar-refractivity contribution in [3.8, 4) is 0 Å². The summed E-state index contributed by atoms with van der Waals surface area (Å²) in [7, 11) is 0. The van der Waals surface area contributed by atoms with Crippen LogP contribution in [0.15, 0.2) is 49.4 Å². The molecule has 0 aliphatic carbocycles. The number of aliphatic hydroxyl groups is 1. The smallest absolute Gasteiger partial charge is 0.136 e. The van der Waals surface area contributed by atoms with Gasteiger partial charge < -0.3 is 10.4 Å². The summed E-state index contributed by atoms with van der Waals surface area (Å²) >= 11 is 0. The van der Waals surface area contributed by atoms with Crippen LogP contribution in [0.25, 0.3) is 5.76 Å². The van der Waals surface area contributed by atoms with Crippen molar-refractivity contribution in [1.82, 2.24) is 9.97 Å². The van der Waals surface area contributed by atoms with Gasteiger partial charge in [-0.2, -0.15) is 0 Å². The summed E-state index contributed by atoms with van der Waals surface area (Å²) in [5.41, 5.74) is 1.74. The highest BCUT2D eigenvalue weighted by Gasteiger charge is 2.21. The van der Waals surface area contributed by atoms with Crippen LogP contribution in [0.5, 0.6) is 0 Å². The van der Waals surface area contributed by atoms with Gasteiger partial charge in [0.05, 0.1) is 5.56 Å². The fourth-order valence-electron chi connectivity index (χ4n) is 1.99. The molecule has 4 heteroatoms. The van der Waals surface area contributed by atoms with Crippen LogP contribution in [0, 0.1) is 0 Å². The van der Waals surface area contributed by atoms with Gasteiger partial charge in [0.2, 0.25) is 0 Å². The van der Waals surface area contributed by atoms with Crippen LogP contribution in [-0.4, -0.2) is 21.6 Å². The minimum atomic E-state index is -0.0749. The first-order chi connectivity index (χ1) is 9.50. The van der Waals surface area contributed by atoms with E-state index in [4.69, 9.17) is 0 Å². The molecular weight excluding hydrogens is 250 g/mol. The van der Waals surface area contributed by atoms with Crippen LogP contribution in [-0.2, 0) is 5.41 Å². The van der Waals surface area contributed by atoms with Gasteiger partial charge >= 0.3 is 0 Å². The molecule has 104 valence electrons. The van der Waals surface area contributed by atoms with Crippen LogP contribution in [0.2, 0.25) is 0 Å². The van der Waals surface area contributed by atoms with E-state index >= 15 is 0 Å². The van der Waals surface area contributed by atoms with Gasteiger partial charge in [-0.25, -0.2) is 4.98 Å². The number of nitrogens with one attached hydrogen (secondary N) is 1. The maximum atomic E-state index is 9.57. The van der Waals surface area contributed by atoms with Gasteiger partial charge in [0.15, 0.2) is 0 Å². The summed E-state index contributed by atoms with van der Waals surface area (Å²) in [4.78, 5) is 8.29. The summed E-state index contributed by atoms with van der Waals surface area (Å²) in [5.74, 6) is 0.657. The Kier molecular flexibility index (Phi) is 4.03. The number of anilines is 1. The van der Waals surface area contributed by atoms with Gasteiger partial charge in [0, 0.05) is 30.6 Å². The second-order valence-electron chi connectivity index (χ2n) is 5.32. The average Bonchev–Trinajstić information content (AvgIpc) is 2.46. The second kappa shape index (κ2) is 5.74. The predicted octanol–water partition coefficient (Wildman–Crippen LogP) is 3.40. The van der Waals surface area contributed by atoms with Crippen molar-refractivity contribution in [2.45, 2.75) is 19.3 Å². The summed E-state index contributed by atoms with van der Waals surface area (Å²) in [6.07, 6.45) is 5.27. The average molecular weight is 269 g/mol. The molecule has 0 saturated carbocycles. The van der Waals surface area contributed by atoms with Crippen molar-refractivity contribution in [3.63, 3.8) is 0 Å². The Balaban J connectivity index is 2.15. The van der Waals surface area contributed by atoms with E-state index in [1.165, 1.54) is 5.56 Å². The molecule has 2 rings (SSSR count). The van der Waals surface area contributed by atoms with Crippen LogP contribution in [0.1, 0.15) is 25.0 Å². The number of pyridine rings is 2. The van der Waals surface area contributed by atoms with Gasteiger partial charge in [-0.05, 0) is 29.8 Å². The van der Waals surface area contributed by atoms with Gasteiger partial charge in [0.25, 0.3) is 0 Å². The molecule has 2 aromatic rings. The lowest BCUT2D eigenvalue weighted by Gasteiger charge is -2.26. The Bertz CT molecular complexity index is 594. The molecule has 0 aromatic carbocycles. The number of aromatic nitrogens is 2. The third kappa shape index (κ3) is 3.15. The third-order valence-corrected chi connectivity index (χ3v) is 3.28. The molecule has 0 amide bonds. The van der Waals surface area contributed by atoms with Crippen molar-refractivity contribution in [1.29, 1.82) is 0 Å². The van der Waals surface area contributed by atoms with Crippen molar-refractivity contribution < 1.29 is 5.11 Å². The summed E-state index contributed by atoms with van der Waals surface area (Å²) in [6.45, 7) is 8.53. The Labute approximate surface area is 119 Å². The highest BCUT2D eigenvalue weighted by atomic mass is 16.3. The maximum absolute atomic E-state index is 9.57. The predicted molar refractivity (Wildman–Crippen MR) is 81.7 cm³/mol. The Morgan fingerprint density at radius 3 is 2.60 bits per heavy atom. The van der Waals surface area contributed by atoms with E-state index in [-0.39, 0.29) is 11.2 Å². The molecule has 0 aliphatic heterocycles. The highest BCUT2D eigenvalue weighted by Crippen LogP contribution is 2.24. The van der Waals surface area contributed by atoms with Crippen molar-refractivity contribution in [3.05, 3.63) is 60.6 Å². The topological polar surface area (TPSA) is 58.0 Å². The third-order valence-electron chi connectivity index (χ3n) is 3.28. The van der Waals surface area contributed by atoms with Crippen molar-refractivity contribution in [2.75, 3.05) is 11.9 Å². The number of hydrogen-bond donors (Lipinski definition) is 2. The number of hydrogen-bond acceptors (Lipinski definition) is 4. The molecule has 4 nitrogen and oxygen atoms in total. The van der Waals surface area contributed by atoms with E-state index in [2.05, 4.69) is 35.7 Å². The molecule has 2 aromatic heterocycles. The van der Waals surface area contributed by atoms with Crippen molar-refractivity contribution >= 4 is 11.6 Å². The van der Waals surface area contributed by atoms with Crippen LogP contribution in [0.3, 0.4) is 0 Å². The summed E-state index contributed by atoms with van der Waals surface area (Å²) < 4.78 is 0. The van der Waals surface area contributed by atoms with Gasteiger partial charge in [-0.15, -0.1) is 0 Å². The molecule has 2 N–H and O–H groups in total. The molecule has 20 heavy (non-hydrogen) atoms. The summed E-state index contributed by atoms with van der Waals surface area (Å²) in [5, 5.41) is 12.8. The van der Waals surface area contributed by atoms with Crippen LogP contribution < -0.4 is 5.32 Å². The first-order valence-electron chi connectivity index (χ1n) is 6.48. The summed E-state index contributed by atoms with van der Waals surface area (Å²) in [6, 6.07) is 7.57. The highest BCUT2D eigenvalue weighted by molar-refractivity contribution is 5.67. The van der Waals surface area contributed by atoms with E-state index in [0.717, 1.165) is 0 Å². The van der Waals surface area contributed by atoms with Gasteiger partial charge in [-0.3, -0.25) is 4.98 Å². The fraction of sp³-hybridized carbons (Fsp3) is 0.250. The molecule has 0 unspecified atom stereocenters. The van der Waals surface area contributed by atoms with E-state index < -0.39 is 0 Å². The van der Waals surface area contributed by atoms with Gasteiger partial charge in [0.1, 0.15) is 11.6 Å². The maximum Gasteiger partial charge on any atom is 0.136 e. The van der Waals surface area contributed by atoms with E-state index in [0.29, 0.717) is 17.9 Å². The minimum Gasteiger partial charge on any atom is -0.508 e. The minimum absolute atomic E-state index is 0.0160. The fourth-order valence-corrected chi connectivity index (χ4v) is 1.99. The standard InChI is InChI=1S/C16H19N3O/c1-12(20)14-5-4-8-18-15(14)19-11-16(2,3)13-6-9-17-10-7-13/h4-10,20H,1,11H2,2-3H3,(H,18,19). The molecule has 0 radical (unpaired) electrons. The Morgan fingerprint density at radius 2 is 1.95 bits per heavy atom. The van der Waals surface area contributed by atoms with Crippen LogP contribution in [0.4, 0.5) is 5.82 Å². The molecule has 0 atom stereocenters. The normalized spacial score (nSPS) is 11.1. The van der Waals surface area contributed by atoms with Gasteiger partial charge in [-0.1, -0.05) is 20.4 Å². The monoisotopic (exact) mass is 269 g/mol. The first kappa shape index (κ1) is 14.1. The lowest BCUT2D eigenvalue weighted by Crippen LogP contribution is -2.28. The number of nitrogens with zero attached hydrogens (tertiary/aromatic N) is 2. The molecule has 0 bridgehead atoms. The first-order valence-corrected chi connectivity index (χ1v) is 6.48. The quantitative estimate of drug-likeness (QED) is 0.817. The number of rotatable bonds is 5.